The Morgan fingerprint density at radius 1 is 0.903 bits per heavy atom. The molecule has 1 amide bonds. The molecule has 4 nitrogen and oxygen atoms in total. The maximum atomic E-state index is 12.1. The van der Waals surface area contributed by atoms with Crippen molar-refractivity contribution in [2.24, 2.45) is 5.41 Å². The number of carbonyl (C=O) groups excluding carboxylic acids is 2. The van der Waals surface area contributed by atoms with Gasteiger partial charge in [-0.3, -0.25) is 9.59 Å². The van der Waals surface area contributed by atoms with Gasteiger partial charge in [0.2, 0.25) is 5.91 Å². The first-order valence-electron chi connectivity index (χ1n) is 12.9. The number of nitrogens with zero attached hydrogens (tertiary/aromatic N) is 1. The van der Waals surface area contributed by atoms with Crippen LogP contribution in [-0.2, 0) is 9.59 Å². The molecule has 180 valence electrons. The van der Waals surface area contributed by atoms with Gasteiger partial charge in [0.15, 0.2) is 5.78 Å². The van der Waals surface area contributed by atoms with Gasteiger partial charge in [0, 0.05) is 13.0 Å². The summed E-state index contributed by atoms with van der Waals surface area (Å²) < 4.78 is 0. The monoisotopic (exact) mass is 434 g/mol. The molecule has 0 aromatic rings. The molecule has 0 spiro atoms. The Labute approximate surface area is 192 Å². The second-order valence-corrected chi connectivity index (χ2v) is 10.7. The van der Waals surface area contributed by atoms with Gasteiger partial charge in [0.1, 0.15) is 0 Å². The number of hydrogen-bond donors (Lipinski definition) is 1. The lowest BCUT2D eigenvalue weighted by atomic mass is 9.84. The molecule has 0 unspecified atom stereocenters. The predicted molar refractivity (Wildman–Crippen MR) is 132 cm³/mol. The van der Waals surface area contributed by atoms with E-state index in [1.165, 1.54) is 95.8 Å². The van der Waals surface area contributed by atoms with E-state index in [1.807, 2.05) is 20.8 Å². The van der Waals surface area contributed by atoms with Crippen LogP contribution in [0.15, 0.2) is 12.2 Å². The SMILES string of the molecule is C=C1CCCN(CCCCCCCCCCCCC(=O)N[C@H](C(C)=O)C(C)(C)C)CC1. The molecule has 1 rings (SSSR count). The smallest absolute Gasteiger partial charge is 0.220 e. The van der Waals surface area contributed by atoms with Gasteiger partial charge in [-0.2, -0.15) is 0 Å². The van der Waals surface area contributed by atoms with E-state index in [4.69, 9.17) is 0 Å². The standard InChI is InChI=1S/C27H50N2O2/c1-23-17-16-21-29(22-19-23)20-15-13-11-9-7-6-8-10-12-14-18-25(31)28-26(24(2)30)27(3,4)5/h26H,1,6-22H2,2-5H3,(H,28,31)/t26-/m1/s1. The summed E-state index contributed by atoms with van der Waals surface area (Å²) in [6.45, 7) is 15.4. The van der Waals surface area contributed by atoms with Crippen molar-refractivity contribution in [3.05, 3.63) is 12.2 Å². The number of hydrogen-bond acceptors (Lipinski definition) is 3. The molecule has 0 aromatic heterocycles. The number of rotatable bonds is 15. The van der Waals surface area contributed by atoms with Crippen molar-refractivity contribution in [1.82, 2.24) is 10.2 Å². The van der Waals surface area contributed by atoms with Crippen LogP contribution in [0.4, 0.5) is 0 Å². The Morgan fingerprint density at radius 3 is 2.00 bits per heavy atom. The van der Waals surface area contributed by atoms with Crippen molar-refractivity contribution in [3.63, 3.8) is 0 Å². The Balaban J connectivity index is 1.91. The third-order valence-electron chi connectivity index (χ3n) is 6.49. The number of carbonyl (C=O) groups is 2. The fourth-order valence-electron chi connectivity index (χ4n) is 4.53. The summed E-state index contributed by atoms with van der Waals surface area (Å²) in [4.78, 5) is 26.5. The molecule has 1 atom stereocenters. The van der Waals surface area contributed by atoms with E-state index >= 15 is 0 Å². The predicted octanol–water partition coefficient (Wildman–Crippen LogP) is 6.44. The van der Waals surface area contributed by atoms with Crippen LogP contribution in [0.2, 0.25) is 0 Å². The summed E-state index contributed by atoms with van der Waals surface area (Å²) in [6, 6.07) is -0.385. The maximum Gasteiger partial charge on any atom is 0.220 e. The summed E-state index contributed by atoms with van der Waals surface area (Å²) in [5, 5.41) is 2.92. The van der Waals surface area contributed by atoms with Crippen molar-refractivity contribution < 1.29 is 9.59 Å². The summed E-state index contributed by atoms with van der Waals surface area (Å²) >= 11 is 0. The van der Waals surface area contributed by atoms with Crippen molar-refractivity contribution in [3.8, 4) is 0 Å². The highest BCUT2D eigenvalue weighted by molar-refractivity contribution is 5.88. The summed E-state index contributed by atoms with van der Waals surface area (Å²) in [5.74, 6) is 0.0503. The normalized spacial score (nSPS) is 16.7. The zero-order valence-electron chi connectivity index (χ0n) is 21.1. The van der Waals surface area contributed by atoms with E-state index in [1.54, 1.807) is 6.92 Å². The molecule has 0 aliphatic carbocycles. The van der Waals surface area contributed by atoms with Crippen LogP contribution >= 0.6 is 0 Å². The number of likely N-dealkylation sites (tertiary alicyclic amines) is 1. The number of Topliss-reactive ketones (excluding diaryl/α,β-unsaturated/α-hetero) is 1. The van der Waals surface area contributed by atoms with E-state index in [9.17, 15) is 9.59 Å². The largest absolute Gasteiger partial charge is 0.346 e. The molecule has 1 saturated heterocycles. The van der Waals surface area contributed by atoms with E-state index in [0.717, 1.165) is 12.8 Å². The molecule has 1 aliphatic heterocycles. The number of amides is 1. The highest BCUT2D eigenvalue weighted by Gasteiger charge is 2.29. The number of unbranched alkanes of at least 4 members (excludes halogenated alkanes) is 9. The number of nitrogens with one attached hydrogen (secondary N) is 1. The summed E-state index contributed by atoms with van der Waals surface area (Å²) in [7, 11) is 0. The van der Waals surface area contributed by atoms with Crippen LogP contribution in [0.1, 0.15) is 118 Å². The molecule has 31 heavy (non-hydrogen) atoms. The van der Waals surface area contributed by atoms with Crippen LogP contribution < -0.4 is 5.32 Å². The topological polar surface area (TPSA) is 49.4 Å². The summed E-state index contributed by atoms with van der Waals surface area (Å²) in [5.41, 5.74) is 1.21. The molecule has 0 radical (unpaired) electrons. The molecule has 1 N–H and O–H groups in total. The van der Waals surface area contributed by atoms with Gasteiger partial charge in [-0.25, -0.2) is 0 Å². The molecule has 0 aromatic carbocycles. The second kappa shape index (κ2) is 15.6. The molecular formula is C27H50N2O2. The summed E-state index contributed by atoms with van der Waals surface area (Å²) in [6.07, 6.45) is 16.8. The van der Waals surface area contributed by atoms with Crippen LogP contribution in [-0.4, -0.2) is 42.3 Å². The van der Waals surface area contributed by atoms with Crippen LogP contribution in [0.5, 0.6) is 0 Å². The van der Waals surface area contributed by atoms with Crippen LogP contribution in [0.25, 0.3) is 0 Å². The Bertz CT molecular complexity index is 536. The Morgan fingerprint density at radius 2 is 1.45 bits per heavy atom. The second-order valence-electron chi connectivity index (χ2n) is 10.7. The van der Waals surface area contributed by atoms with Crippen LogP contribution in [0.3, 0.4) is 0 Å². The van der Waals surface area contributed by atoms with Gasteiger partial charge < -0.3 is 10.2 Å². The van der Waals surface area contributed by atoms with E-state index in [-0.39, 0.29) is 23.1 Å². The molecule has 4 heteroatoms. The molecule has 1 heterocycles. The van der Waals surface area contributed by atoms with Crippen molar-refractivity contribution in [2.75, 3.05) is 19.6 Å². The first-order valence-corrected chi connectivity index (χ1v) is 12.9. The van der Waals surface area contributed by atoms with E-state index < -0.39 is 0 Å². The minimum Gasteiger partial charge on any atom is -0.346 e. The van der Waals surface area contributed by atoms with Crippen LogP contribution in [0, 0.1) is 5.41 Å². The number of ketones is 1. The first kappa shape index (κ1) is 27.9. The lowest BCUT2D eigenvalue weighted by Crippen LogP contribution is -2.48. The zero-order chi connectivity index (χ0) is 23.1. The van der Waals surface area contributed by atoms with E-state index in [2.05, 4.69) is 16.8 Å². The van der Waals surface area contributed by atoms with Gasteiger partial charge in [-0.05, 0) is 57.5 Å². The first-order chi connectivity index (χ1) is 14.7. The average Bonchev–Trinajstić information content (AvgIpc) is 2.90. The van der Waals surface area contributed by atoms with Gasteiger partial charge in [-0.1, -0.05) is 84.3 Å². The Kier molecular flexibility index (Phi) is 14.0. The highest BCUT2D eigenvalue weighted by atomic mass is 16.2. The van der Waals surface area contributed by atoms with Gasteiger partial charge in [0.25, 0.3) is 0 Å². The van der Waals surface area contributed by atoms with Crippen molar-refractivity contribution in [1.29, 1.82) is 0 Å². The fraction of sp³-hybridized carbons (Fsp3) is 0.852. The maximum absolute atomic E-state index is 12.1. The van der Waals surface area contributed by atoms with E-state index in [0.29, 0.717) is 6.42 Å². The van der Waals surface area contributed by atoms with Gasteiger partial charge >= 0.3 is 0 Å². The lowest BCUT2D eigenvalue weighted by molar-refractivity contribution is -0.129. The minimum absolute atomic E-state index is 0.0141. The van der Waals surface area contributed by atoms with Gasteiger partial charge in [0.05, 0.1) is 6.04 Å². The Hall–Kier alpha value is -1.16. The highest BCUT2D eigenvalue weighted by Crippen LogP contribution is 2.20. The zero-order valence-corrected chi connectivity index (χ0v) is 21.1. The molecule has 1 fully saturated rings. The van der Waals surface area contributed by atoms with Gasteiger partial charge in [-0.15, -0.1) is 0 Å². The lowest BCUT2D eigenvalue weighted by Gasteiger charge is -2.29. The molecular weight excluding hydrogens is 384 g/mol. The quantitative estimate of drug-likeness (QED) is 0.238. The third-order valence-corrected chi connectivity index (χ3v) is 6.49. The van der Waals surface area contributed by atoms with Crippen molar-refractivity contribution in [2.45, 2.75) is 124 Å². The molecule has 0 saturated carbocycles. The molecule has 1 aliphatic rings. The minimum atomic E-state index is -0.385. The van der Waals surface area contributed by atoms with Crippen molar-refractivity contribution >= 4 is 11.7 Å². The third kappa shape index (κ3) is 13.8. The molecule has 0 bridgehead atoms. The average molecular weight is 435 g/mol. The fourth-order valence-corrected chi connectivity index (χ4v) is 4.53.